The molecule has 1 aromatic rings. The summed E-state index contributed by atoms with van der Waals surface area (Å²) in [7, 11) is 1.44. The van der Waals surface area contributed by atoms with Crippen molar-refractivity contribution in [2.45, 2.75) is 18.9 Å². The number of esters is 1. The zero-order valence-corrected chi connectivity index (χ0v) is 9.50. The van der Waals surface area contributed by atoms with Crippen molar-refractivity contribution >= 4 is 17.3 Å². The largest absolute Gasteiger partial charge is 0.468 e. The van der Waals surface area contributed by atoms with Crippen LogP contribution in [-0.4, -0.2) is 42.1 Å². The normalized spacial score (nSPS) is 21.0. The van der Waals surface area contributed by atoms with E-state index in [0.29, 0.717) is 0 Å². The van der Waals surface area contributed by atoms with Gasteiger partial charge in [0.2, 0.25) is 0 Å². The van der Waals surface area contributed by atoms with E-state index in [4.69, 9.17) is 4.74 Å². The first-order chi connectivity index (χ1) is 7.31. The summed E-state index contributed by atoms with van der Waals surface area (Å²) in [6.45, 7) is 1.89. The van der Waals surface area contributed by atoms with Gasteiger partial charge >= 0.3 is 5.97 Å². The molecule has 1 aliphatic rings. The molecule has 82 valence electrons. The van der Waals surface area contributed by atoms with Crippen molar-refractivity contribution in [2.75, 3.05) is 20.2 Å². The Bertz CT molecular complexity index is 326. The third-order valence-corrected chi connectivity index (χ3v) is 3.54. The lowest BCUT2D eigenvalue weighted by atomic mass is 10.0. The molecule has 15 heavy (non-hydrogen) atoms. The van der Waals surface area contributed by atoms with Gasteiger partial charge < -0.3 is 4.74 Å². The predicted molar refractivity (Wildman–Crippen MR) is 57.8 cm³/mol. The molecule has 0 spiro atoms. The molecule has 2 rings (SSSR count). The molecule has 1 saturated heterocycles. The Kier molecular flexibility index (Phi) is 3.33. The van der Waals surface area contributed by atoms with E-state index in [9.17, 15) is 4.79 Å². The monoisotopic (exact) mass is 226 g/mol. The van der Waals surface area contributed by atoms with E-state index in [2.05, 4.69) is 9.88 Å². The molecule has 1 aromatic heterocycles. The molecular formula is C10H14N2O2S. The highest BCUT2D eigenvalue weighted by atomic mass is 32.1. The minimum Gasteiger partial charge on any atom is -0.468 e. The predicted octanol–water partition coefficient (Wildman–Crippen LogP) is 0.933. The van der Waals surface area contributed by atoms with Gasteiger partial charge in [-0.15, -0.1) is 11.3 Å². The van der Waals surface area contributed by atoms with E-state index < -0.39 is 0 Å². The maximum Gasteiger partial charge on any atom is 0.323 e. The van der Waals surface area contributed by atoms with Crippen LogP contribution in [0, 0.1) is 0 Å². The Hall–Kier alpha value is -0.940. The molecule has 0 aromatic carbocycles. The molecule has 1 aliphatic heterocycles. The lowest BCUT2D eigenvalue weighted by molar-refractivity contribution is -0.151. The van der Waals surface area contributed by atoms with Crippen LogP contribution in [0.4, 0.5) is 0 Å². The fraction of sp³-hybridized carbons (Fsp3) is 0.600. The number of hydrogen-bond acceptors (Lipinski definition) is 5. The molecule has 0 aliphatic carbocycles. The summed E-state index contributed by atoms with van der Waals surface area (Å²) >= 11 is 1.66. The summed E-state index contributed by atoms with van der Waals surface area (Å²) in [5, 5.41) is 3.11. The van der Waals surface area contributed by atoms with Gasteiger partial charge in [-0.05, 0) is 6.42 Å². The highest BCUT2D eigenvalue weighted by molar-refractivity contribution is 7.09. The van der Waals surface area contributed by atoms with Crippen molar-refractivity contribution in [3.63, 3.8) is 0 Å². The van der Waals surface area contributed by atoms with E-state index >= 15 is 0 Å². The summed E-state index contributed by atoms with van der Waals surface area (Å²) in [6.07, 6.45) is 3.66. The molecule has 0 amide bonds. The quantitative estimate of drug-likeness (QED) is 0.716. The summed E-state index contributed by atoms with van der Waals surface area (Å²) in [5.41, 5.74) is 0. The van der Waals surface area contributed by atoms with E-state index in [1.54, 1.807) is 11.3 Å². The number of methoxy groups -OCH3 is 1. The Balaban J connectivity index is 1.78. The van der Waals surface area contributed by atoms with E-state index in [0.717, 1.165) is 30.9 Å². The summed E-state index contributed by atoms with van der Waals surface area (Å²) in [6, 6.07) is -0.0186. The van der Waals surface area contributed by atoms with Gasteiger partial charge in [-0.3, -0.25) is 9.69 Å². The summed E-state index contributed by atoms with van der Waals surface area (Å²) < 4.78 is 4.73. The van der Waals surface area contributed by atoms with Crippen LogP contribution < -0.4 is 0 Å². The lowest BCUT2D eigenvalue weighted by Crippen LogP contribution is -2.53. The van der Waals surface area contributed by atoms with Gasteiger partial charge in [0.05, 0.1) is 12.1 Å². The van der Waals surface area contributed by atoms with Gasteiger partial charge in [-0.25, -0.2) is 4.98 Å². The highest BCUT2D eigenvalue weighted by Crippen LogP contribution is 2.19. The second-order valence-electron chi connectivity index (χ2n) is 3.54. The summed E-state index contributed by atoms with van der Waals surface area (Å²) in [5.74, 6) is -0.111. The van der Waals surface area contributed by atoms with Crippen LogP contribution in [0.1, 0.15) is 11.4 Å². The minimum atomic E-state index is -0.111. The van der Waals surface area contributed by atoms with E-state index in [1.807, 2.05) is 11.6 Å². The Morgan fingerprint density at radius 2 is 2.67 bits per heavy atom. The number of carbonyl (C=O) groups is 1. The van der Waals surface area contributed by atoms with Crippen molar-refractivity contribution in [1.29, 1.82) is 0 Å². The second kappa shape index (κ2) is 4.72. The second-order valence-corrected chi connectivity index (χ2v) is 4.52. The molecule has 0 bridgehead atoms. The molecule has 0 radical (unpaired) electrons. The van der Waals surface area contributed by atoms with E-state index in [-0.39, 0.29) is 12.0 Å². The van der Waals surface area contributed by atoms with Crippen molar-refractivity contribution in [3.05, 3.63) is 16.6 Å². The Labute approximate surface area is 92.9 Å². The molecule has 1 atom stereocenters. The molecule has 0 saturated carbocycles. The zero-order chi connectivity index (χ0) is 10.7. The van der Waals surface area contributed by atoms with Gasteiger partial charge in [-0.2, -0.15) is 0 Å². The summed E-state index contributed by atoms with van der Waals surface area (Å²) in [4.78, 5) is 17.6. The molecule has 2 heterocycles. The fourth-order valence-corrected chi connectivity index (χ4v) is 2.34. The van der Waals surface area contributed by atoms with Crippen molar-refractivity contribution in [3.8, 4) is 0 Å². The standard InChI is InChI=1S/C10H14N2O2S/c1-14-10(13)8-2-5-12(8)6-3-9-11-4-7-15-9/h4,7-8H,2-3,5-6H2,1H3. The van der Waals surface area contributed by atoms with Gasteiger partial charge in [0.25, 0.3) is 0 Å². The number of likely N-dealkylation sites (tertiary alicyclic amines) is 1. The van der Waals surface area contributed by atoms with E-state index in [1.165, 1.54) is 7.11 Å². The molecule has 0 N–H and O–H groups in total. The number of thiazole rings is 1. The minimum absolute atomic E-state index is 0.0186. The smallest absolute Gasteiger partial charge is 0.323 e. The maximum atomic E-state index is 11.3. The van der Waals surface area contributed by atoms with Crippen LogP contribution in [0.25, 0.3) is 0 Å². The first kappa shape index (κ1) is 10.6. The number of ether oxygens (including phenoxy) is 1. The first-order valence-electron chi connectivity index (χ1n) is 5.01. The maximum absolute atomic E-state index is 11.3. The average molecular weight is 226 g/mol. The van der Waals surface area contributed by atoms with Crippen molar-refractivity contribution in [2.24, 2.45) is 0 Å². The Morgan fingerprint density at radius 3 is 3.20 bits per heavy atom. The number of aromatic nitrogens is 1. The molecule has 1 unspecified atom stereocenters. The zero-order valence-electron chi connectivity index (χ0n) is 8.68. The third-order valence-electron chi connectivity index (χ3n) is 2.70. The SMILES string of the molecule is COC(=O)C1CCN1CCc1nccs1. The Morgan fingerprint density at radius 1 is 1.80 bits per heavy atom. The van der Waals surface area contributed by atoms with Crippen molar-refractivity contribution in [1.82, 2.24) is 9.88 Å². The van der Waals surface area contributed by atoms with Gasteiger partial charge in [0.1, 0.15) is 6.04 Å². The van der Waals surface area contributed by atoms with Gasteiger partial charge in [0.15, 0.2) is 0 Å². The average Bonchev–Trinajstić information content (AvgIpc) is 2.69. The van der Waals surface area contributed by atoms with Gasteiger partial charge in [0, 0.05) is 31.1 Å². The molecule has 1 fully saturated rings. The van der Waals surface area contributed by atoms with Crippen molar-refractivity contribution < 1.29 is 9.53 Å². The number of rotatable bonds is 4. The van der Waals surface area contributed by atoms with Crippen LogP contribution >= 0.6 is 11.3 Å². The van der Waals surface area contributed by atoms with Crippen LogP contribution in [0.15, 0.2) is 11.6 Å². The third kappa shape index (κ3) is 2.35. The van der Waals surface area contributed by atoms with Crippen LogP contribution in [-0.2, 0) is 16.0 Å². The van der Waals surface area contributed by atoms with Crippen LogP contribution in [0.3, 0.4) is 0 Å². The lowest BCUT2D eigenvalue weighted by Gasteiger charge is -2.38. The number of nitrogens with zero attached hydrogens (tertiary/aromatic N) is 2. The first-order valence-corrected chi connectivity index (χ1v) is 5.89. The fourth-order valence-electron chi connectivity index (χ4n) is 1.73. The molecular weight excluding hydrogens is 212 g/mol. The highest BCUT2D eigenvalue weighted by Gasteiger charge is 2.34. The van der Waals surface area contributed by atoms with Crippen LogP contribution in [0.5, 0.6) is 0 Å². The van der Waals surface area contributed by atoms with Gasteiger partial charge in [-0.1, -0.05) is 0 Å². The number of carbonyl (C=O) groups excluding carboxylic acids is 1. The number of hydrogen-bond donors (Lipinski definition) is 0. The topological polar surface area (TPSA) is 42.4 Å². The van der Waals surface area contributed by atoms with Crippen LogP contribution in [0.2, 0.25) is 0 Å². The molecule has 4 nitrogen and oxygen atoms in total. The molecule has 5 heteroatoms.